The largest absolute Gasteiger partial charge is 0.444 e. The first kappa shape index (κ1) is 23.1. The van der Waals surface area contributed by atoms with Crippen LogP contribution in [0.3, 0.4) is 0 Å². The number of nitrogens with zero attached hydrogens (tertiary/aromatic N) is 1. The molecule has 6 nitrogen and oxygen atoms in total. The van der Waals surface area contributed by atoms with E-state index in [2.05, 4.69) is 21.6 Å². The van der Waals surface area contributed by atoms with Crippen LogP contribution in [0.5, 0.6) is 0 Å². The number of halogens is 1. The zero-order valence-electron chi connectivity index (χ0n) is 19.5. The number of amides is 1. The Labute approximate surface area is 195 Å². The van der Waals surface area contributed by atoms with Gasteiger partial charge in [-0.2, -0.15) is 0 Å². The first-order valence-corrected chi connectivity index (χ1v) is 11.6. The van der Waals surface area contributed by atoms with Gasteiger partial charge in [-0.1, -0.05) is 12.8 Å². The minimum atomic E-state index is -0.527. The minimum absolute atomic E-state index is 0.0286. The maximum absolute atomic E-state index is 13.2. The number of alkyl carbamates (subject to hydrolysis) is 1. The molecule has 0 aromatic heterocycles. The Kier molecular flexibility index (Phi) is 6.58. The molecule has 33 heavy (non-hydrogen) atoms. The molecule has 2 atom stereocenters. The van der Waals surface area contributed by atoms with Crippen molar-refractivity contribution >= 4 is 29.4 Å². The lowest BCUT2D eigenvalue weighted by Gasteiger charge is -2.31. The van der Waals surface area contributed by atoms with Crippen molar-refractivity contribution in [1.29, 1.82) is 5.41 Å². The molecule has 7 heteroatoms. The quantitative estimate of drug-likeness (QED) is 0.461. The second-order valence-electron chi connectivity index (χ2n) is 10.0. The summed E-state index contributed by atoms with van der Waals surface area (Å²) in [6, 6.07) is 12.4. The van der Waals surface area contributed by atoms with Crippen LogP contribution >= 0.6 is 0 Å². The summed E-state index contributed by atoms with van der Waals surface area (Å²) in [6.07, 6.45) is 5.35. The number of rotatable bonds is 7. The van der Waals surface area contributed by atoms with Crippen LogP contribution in [0.1, 0.15) is 52.0 Å². The number of anilines is 3. The van der Waals surface area contributed by atoms with Gasteiger partial charge in [0.05, 0.1) is 6.04 Å². The summed E-state index contributed by atoms with van der Waals surface area (Å²) in [5.41, 5.74) is 2.83. The lowest BCUT2D eigenvalue weighted by Crippen LogP contribution is -2.47. The van der Waals surface area contributed by atoms with E-state index in [4.69, 9.17) is 10.1 Å². The second-order valence-corrected chi connectivity index (χ2v) is 10.0. The van der Waals surface area contributed by atoms with Crippen LogP contribution in [0, 0.1) is 17.1 Å². The van der Waals surface area contributed by atoms with Gasteiger partial charge in [-0.15, -0.1) is 0 Å². The van der Waals surface area contributed by atoms with Crippen LogP contribution in [0.4, 0.5) is 26.2 Å². The van der Waals surface area contributed by atoms with Crippen molar-refractivity contribution in [3.8, 4) is 0 Å². The smallest absolute Gasteiger partial charge is 0.407 e. The molecule has 1 saturated carbocycles. The zero-order valence-corrected chi connectivity index (χ0v) is 19.5. The highest BCUT2D eigenvalue weighted by Gasteiger charge is 2.39. The van der Waals surface area contributed by atoms with E-state index < -0.39 is 5.60 Å². The van der Waals surface area contributed by atoms with Gasteiger partial charge in [-0.05, 0) is 82.0 Å². The fourth-order valence-corrected chi connectivity index (χ4v) is 4.44. The topological polar surface area (TPSA) is 77.5 Å². The molecule has 0 spiro atoms. The summed E-state index contributed by atoms with van der Waals surface area (Å²) in [5.74, 6) is 0.425. The number of ether oxygens (including phenoxy) is 1. The summed E-state index contributed by atoms with van der Waals surface area (Å²) < 4.78 is 18.7. The molecule has 1 amide bonds. The fraction of sp³-hybridized carbons (Fsp3) is 0.462. The van der Waals surface area contributed by atoms with Crippen LogP contribution in [-0.4, -0.2) is 36.5 Å². The van der Waals surface area contributed by atoms with Crippen LogP contribution in [0.25, 0.3) is 0 Å². The molecule has 1 saturated heterocycles. The van der Waals surface area contributed by atoms with E-state index in [1.807, 2.05) is 32.9 Å². The molecule has 2 aromatic carbocycles. The predicted molar refractivity (Wildman–Crippen MR) is 130 cm³/mol. The molecule has 2 fully saturated rings. The molecule has 4 rings (SSSR count). The molecule has 2 aliphatic rings. The summed E-state index contributed by atoms with van der Waals surface area (Å²) in [6.45, 7) is 6.45. The van der Waals surface area contributed by atoms with Gasteiger partial charge < -0.3 is 25.7 Å². The van der Waals surface area contributed by atoms with E-state index in [0.29, 0.717) is 5.92 Å². The molecular weight excluding hydrogens is 419 g/mol. The highest BCUT2D eigenvalue weighted by atomic mass is 19.1. The number of benzene rings is 2. The van der Waals surface area contributed by atoms with Crippen molar-refractivity contribution in [3.63, 3.8) is 0 Å². The number of carbonyl (C=O) groups excluding carboxylic acids is 1. The van der Waals surface area contributed by atoms with Crippen LogP contribution in [0.15, 0.2) is 42.5 Å². The van der Waals surface area contributed by atoms with E-state index in [1.165, 1.54) is 31.2 Å². The van der Waals surface area contributed by atoms with Crippen molar-refractivity contribution in [1.82, 2.24) is 5.32 Å². The Morgan fingerprint density at radius 2 is 1.91 bits per heavy atom. The Morgan fingerprint density at radius 1 is 1.18 bits per heavy atom. The van der Waals surface area contributed by atoms with Crippen LogP contribution in [-0.2, 0) is 4.74 Å². The molecule has 176 valence electrons. The average Bonchev–Trinajstić information content (AvgIpc) is 3.49. The fourth-order valence-electron chi connectivity index (χ4n) is 4.44. The van der Waals surface area contributed by atoms with Crippen LogP contribution < -0.4 is 15.5 Å². The molecule has 2 aromatic rings. The Morgan fingerprint density at radius 3 is 2.55 bits per heavy atom. The van der Waals surface area contributed by atoms with E-state index in [0.717, 1.165) is 42.0 Å². The van der Waals surface area contributed by atoms with Gasteiger partial charge in [0.1, 0.15) is 11.4 Å². The van der Waals surface area contributed by atoms with Crippen molar-refractivity contribution in [2.45, 2.75) is 64.1 Å². The summed E-state index contributed by atoms with van der Waals surface area (Å²) in [5, 5.41) is 14.3. The first-order valence-electron chi connectivity index (χ1n) is 11.6. The van der Waals surface area contributed by atoms with Gasteiger partial charge in [0.2, 0.25) is 0 Å². The van der Waals surface area contributed by atoms with E-state index in [1.54, 1.807) is 12.1 Å². The molecule has 0 radical (unpaired) electrons. The molecule has 0 unspecified atom stereocenters. The van der Waals surface area contributed by atoms with Gasteiger partial charge in [0, 0.05) is 41.4 Å². The van der Waals surface area contributed by atoms with Gasteiger partial charge in [-0.25, -0.2) is 9.18 Å². The maximum Gasteiger partial charge on any atom is 0.407 e. The number of hydrogen-bond donors (Lipinski definition) is 3. The zero-order chi connectivity index (χ0) is 23.6. The molecular formula is C26H33FN4O2. The standard InChI is InChI=1S/C26H33FN4O2/c1-26(2,3)33-25(32)30-23-12-13-31(24(23)14-17-4-5-17)21-10-11-22(18(15-21)16-28)29-20-8-6-19(27)7-9-20/h6-11,15-17,23-24,28-29H,4-5,12-14H2,1-3H3,(H,30,32)/t23-,24-/m1/s1. The van der Waals surface area contributed by atoms with Gasteiger partial charge >= 0.3 is 6.09 Å². The number of nitrogens with one attached hydrogen (secondary N) is 3. The third-order valence-corrected chi connectivity index (χ3v) is 6.17. The average molecular weight is 453 g/mol. The second kappa shape index (κ2) is 9.41. The predicted octanol–water partition coefficient (Wildman–Crippen LogP) is 5.84. The van der Waals surface area contributed by atoms with Crippen molar-refractivity contribution in [2.24, 2.45) is 5.92 Å². The van der Waals surface area contributed by atoms with Crippen molar-refractivity contribution in [3.05, 3.63) is 53.8 Å². The van der Waals surface area contributed by atoms with Crippen molar-refractivity contribution < 1.29 is 13.9 Å². The summed E-state index contributed by atoms with van der Waals surface area (Å²) in [4.78, 5) is 14.8. The minimum Gasteiger partial charge on any atom is -0.444 e. The lowest BCUT2D eigenvalue weighted by atomic mass is 10.0. The lowest BCUT2D eigenvalue weighted by molar-refractivity contribution is 0.0500. The Balaban J connectivity index is 1.51. The number of hydrogen-bond acceptors (Lipinski definition) is 5. The van der Waals surface area contributed by atoms with Gasteiger partial charge in [0.15, 0.2) is 0 Å². The van der Waals surface area contributed by atoms with Gasteiger partial charge in [-0.3, -0.25) is 0 Å². The van der Waals surface area contributed by atoms with E-state index in [9.17, 15) is 9.18 Å². The highest BCUT2D eigenvalue weighted by Crippen LogP contribution is 2.39. The SMILES string of the molecule is CC(C)(C)OC(=O)N[C@@H]1CCN(c2ccc(Nc3ccc(F)cc3)c(C=N)c2)[C@@H]1CC1CC1. The molecule has 1 aliphatic heterocycles. The molecule has 0 bridgehead atoms. The molecule has 1 aliphatic carbocycles. The molecule has 3 N–H and O–H groups in total. The Bertz CT molecular complexity index is 998. The third kappa shape index (κ3) is 6.03. The normalized spacial score (nSPS) is 20.4. The summed E-state index contributed by atoms with van der Waals surface area (Å²) in [7, 11) is 0. The Hall–Kier alpha value is -3.09. The first-order chi connectivity index (χ1) is 15.7. The van der Waals surface area contributed by atoms with E-state index in [-0.39, 0.29) is 24.0 Å². The molecule has 1 heterocycles. The highest BCUT2D eigenvalue weighted by molar-refractivity contribution is 5.89. The monoisotopic (exact) mass is 452 g/mol. The third-order valence-electron chi connectivity index (χ3n) is 6.17. The van der Waals surface area contributed by atoms with Gasteiger partial charge in [0.25, 0.3) is 0 Å². The summed E-state index contributed by atoms with van der Waals surface area (Å²) >= 11 is 0. The van der Waals surface area contributed by atoms with E-state index >= 15 is 0 Å². The maximum atomic E-state index is 13.2. The van der Waals surface area contributed by atoms with Crippen LogP contribution in [0.2, 0.25) is 0 Å². The van der Waals surface area contributed by atoms with Crippen molar-refractivity contribution in [2.75, 3.05) is 16.8 Å². The number of carbonyl (C=O) groups is 1.